The number of urea groups is 1. The predicted octanol–water partition coefficient (Wildman–Crippen LogP) is 5.22. The van der Waals surface area contributed by atoms with Gasteiger partial charge in [0.05, 0.1) is 21.5 Å². The number of hydrogen-bond acceptors (Lipinski definition) is 7. The van der Waals surface area contributed by atoms with Crippen molar-refractivity contribution in [1.29, 1.82) is 0 Å². The highest BCUT2D eigenvalue weighted by Gasteiger charge is 2.19. The number of nitro benzene ring substituents is 1. The SMILES string of the molecule is CO/C(=N/C(=O)Nc1ccc(Oc2ncc(Br)cn2)c(Cl)c1)c1ccccc1[N+](=O)[O-]. The van der Waals surface area contributed by atoms with Gasteiger partial charge in [0.1, 0.15) is 11.3 Å². The molecule has 31 heavy (non-hydrogen) atoms. The fraction of sp³-hybridized carbons (Fsp3) is 0.0526. The summed E-state index contributed by atoms with van der Waals surface area (Å²) in [7, 11) is 1.26. The van der Waals surface area contributed by atoms with Gasteiger partial charge in [-0.1, -0.05) is 23.7 Å². The number of nitrogens with zero attached hydrogens (tertiary/aromatic N) is 4. The summed E-state index contributed by atoms with van der Waals surface area (Å²) in [6, 6.07) is 9.58. The average Bonchev–Trinajstić information content (AvgIpc) is 2.75. The molecule has 0 atom stereocenters. The second-order valence-electron chi connectivity index (χ2n) is 5.76. The zero-order chi connectivity index (χ0) is 22.4. The van der Waals surface area contributed by atoms with Gasteiger partial charge >= 0.3 is 12.0 Å². The number of ether oxygens (including phenoxy) is 2. The normalized spacial score (nSPS) is 11.0. The van der Waals surface area contributed by atoms with Gasteiger partial charge in [-0.2, -0.15) is 4.99 Å². The lowest BCUT2D eigenvalue weighted by Gasteiger charge is -2.09. The number of para-hydroxylation sites is 1. The van der Waals surface area contributed by atoms with Crippen LogP contribution >= 0.6 is 27.5 Å². The van der Waals surface area contributed by atoms with Crippen molar-refractivity contribution in [2.45, 2.75) is 0 Å². The Labute approximate surface area is 189 Å². The van der Waals surface area contributed by atoms with E-state index in [1.807, 2.05) is 0 Å². The molecule has 0 fully saturated rings. The summed E-state index contributed by atoms with van der Waals surface area (Å²) in [4.78, 5) is 34.7. The third-order valence-corrected chi connectivity index (χ3v) is 4.41. The van der Waals surface area contributed by atoms with Crippen molar-refractivity contribution in [3.63, 3.8) is 0 Å². The van der Waals surface area contributed by atoms with E-state index >= 15 is 0 Å². The third-order valence-electron chi connectivity index (χ3n) is 3.71. The largest absolute Gasteiger partial charge is 0.480 e. The molecule has 0 unspecified atom stereocenters. The molecule has 3 rings (SSSR count). The molecule has 0 saturated carbocycles. The van der Waals surface area contributed by atoms with Gasteiger partial charge in [-0.3, -0.25) is 10.1 Å². The van der Waals surface area contributed by atoms with Crippen LogP contribution in [-0.2, 0) is 4.74 Å². The van der Waals surface area contributed by atoms with Crippen LogP contribution < -0.4 is 10.1 Å². The summed E-state index contributed by atoms with van der Waals surface area (Å²) in [5, 5.41) is 13.9. The Morgan fingerprint density at radius 1 is 1.23 bits per heavy atom. The Bertz CT molecular complexity index is 1160. The van der Waals surface area contributed by atoms with Gasteiger partial charge in [-0.15, -0.1) is 0 Å². The second-order valence-corrected chi connectivity index (χ2v) is 7.08. The monoisotopic (exact) mass is 505 g/mol. The Morgan fingerprint density at radius 2 is 1.94 bits per heavy atom. The average molecular weight is 507 g/mol. The maximum atomic E-state index is 12.3. The molecule has 1 N–H and O–H groups in total. The number of hydrogen-bond donors (Lipinski definition) is 1. The molecule has 2 aromatic carbocycles. The summed E-state index contributed by atoms with van der Waals surface area (Å²) in [5.74, 6) is 0.0752. The summed E-state index contributed by atoms with van der Waals surface area (Å²) >= 11 is 9.43. The van der Waals surface area contributed by atoms with Crippen LogP contribution in [0.2, 0.25) is 5.02 Å². The number of aliphatic imine (C=N–C) groups is 1. The molecule has 3 aromatic rings. The van der Waals surface area contributed by atoms with Crippen molar-refractivity contribution in [3.05, 3.63) is 80.0 Å². The molecule has 0 aliphatic carbocycles. The molecule has 0 bridgehead atoms. The van der Waals surface area contributed by atoms with Crippen LogP contribution in [0.4, 0.5) is 16.2 Å². The first kappa shape index (κ1) is 22.1. The standard InChI is InChI=1S/C19H13BrClN5O5/c1-30-17(13-4-2-3-5-15(13)26(28)29)25-18(27)24-12-6-7-16(14(21)8-12)31-19-22-9-11(20)10-23-19/h2-10H,1H3,(H,24,27)/b25-17+. The minimum Gasteiger partial charge on any atom is -0.480 e. The van der Waals surface area contributed by atoms with Crippen molar-refractivity contribution in [3.8, 4) is 11.8 Å². The molecule has 0 aliphatic rings. The number of rotatable bonds is 5. The van der Waals surface area contributed by atoms with Gasteiger partial charge in [0, 0.05) is 24.1 Å². The predicted molar refractivity (Wildman–Crippen MR) is 117 cm³/mol. The number of amides is 2. The van der Waals surface area contributed by atoms with Crippen LogP contribution in [0.1, 0.15) is 5.56 Å². The first-order chi connectivity index (χ1) is 14.9. The van der Waals surface area contributed by atoms with Gasteiger partial charge in [0.25, 0.3) is 5.69 Å². The summed E-state index contributed by atoms with van der Waals surface area (Å²) in [6.45, 7) is 0. The molecular formula is C19H13BrClN5O5. The van der Waals surface area contributed by atoms with Crippen LogP contribution in [0.25, 0.3) is 0 Å². The summed E-state index contributed by atoms with van der Waals surface area (Å²) in [5.41, 5.74) is 0.151. The molecule has 0 aliphatic heterocycles. The van der Waals surface area contributed by atoms with Gasteiger partial charge in [-0.25, -0.2) is 14.8 Å². The minimum atomic E-state index is -0.809. The van der Waals surface area contributed by atoms with Crippen molar-refractivity contribution < 1.29 is 19.2 Å². The van der Waals surface area contributed by atoms with E-state index in [0.717, 1.165) is 0 Å². The Kier molecular flexibility index (Phi) is 7.11. The van der Waals surface area contributed by atoms with E-state index < -0.39 is 11.0 Å². The Morgan fingerprint density at radius 3 is 2.58 bits per heavy atom. The van der Waals surface area contributed by atoms with Gasteiger partial charge < -0.3 is 14.8 Å². The fourth-order valence-corrected chi connectivity index (χ4v) is 2.81. The van der Waals surface area contributed by atoms with E-state index in [2.05, 4.69) is 36.2 Å². The van der Waals surface area contributed by atoms with E-state index in [0.29, 0.717) is 10.2 Å². The fourth-order valence-electron chi connectivity index (χ4n) is 2.39. The zero-order valence-corrected chi connectivity index (χ0v) is 18.1. The lowest BCUT2D eigenvalue weighted by atomic mass is 10.2. The van der Waals surface area contributed by atoms with E-state index in [9.17, 15) is 14.9 Å². The lowest BCUT2D eigenvalue weighted by Crippen LogP contribution is -2.14. The molecular weight excluding hydrogens is 494 g/mol. The second kappa shape index (κ2) is 9.96. The van der Waals surface area contributed by atoms with Gasteiger partial charge in [0.2, 0.25) is 5.90 Å². The van der Waals surface area contributed by atoms with Crippen molar-refractivity contribution in [2.24, 2.45) is 4.99 Å². The minimum absolute atomic E-state index is 0.0708. The number of nitrogens with one attached hydrogen (secondary N) is 1. The molecule has 12 heteroatoms. The van der Waals surface area contributed by atoms with Gasteiger partial charge in [-0.05, 0) is 40.2 Å². The van der Waals surface area contributed by atoms with E-state index in [1.165, 1.54) is 55.9 Å². The highest BCUT2D eigenvalue weighted by Crippen LogP contribution is 2.30. The van der Waals surface area contributed by atoms with Crippen LogP contribution in [0.15, 0.2) is 64.3 Å². The van der Waals surface area contributed by atoms with Crippen LogP contribution in [0.3, 0.4) is 0 Å². The molecule has 2 amide bonds. The Balaban J connectivity index is 1.76. The molecule has 0 spiro atoms. The number of aromatic nitrogens is 2. The number of carbonyl (C=O) groups is 1. The molecule has 1 aromatic heterocycles. The molecule has 0 saturated heterocycles. The highest BCUT2D eigenvalue weighted by atomic mass is 79.9. The van der Waals surface area contributed by atoms with E-state index in [1.54, 1.807) is 6.07 Å². The Hall–Kier alpha value is -3.57. The van der Waals surface area contributed by atoms with Crippen LogP contribution in [0.5, 0.6) is 11.8 Å². The van der Waals surface area contributed by atoms with Crippen LogP contribution in [-0.4, -0.2) is 33.9 Å². The first-order valence-electron chi connectivity index (χ1n) is 8.50. The zero-order valence-electron chi connectivity index (χ0n) is 15.8. The third kappa shape index (κ3) is 5.74. The summed E-state index contributed by atoms with van der Waals surface area (Å²) < 4.78 is 11.3. The number of carbonyl (C=O) groups excluding carboxylic acids is 1. The molecule has 158 valence electrons. The maximum absolute atomic E-state index is 12.3. The number of benzene rings is 2. The quantitative estimate of drug-likeness (QED) is 0.217. The number of nitro groups is 1. The summed E-state index contributed by atoms with van der Waals surface area (Å²) in [6.07, 6.45) is 3.04. The number of anilines is 1. The maximum Gasteiger partial charge on any atom is 0.348 e. The smallest absolute Gasteiger partial charge is 0.348 e. The topological polar surface area (TPSA) is 129 Å². The van der Waals surface area contributed by atoms with Crippen LogP contribution in [0, 0.1) is 10.1 Å². The van der Waals surface area contributed by atoms with E-state index in [4.69, 9.17) is 21.1 Å². The van der Waals surface area contributed by atoms with Crippen molar-refractivity contribution in [1.82, 2.24) is 9.97 Å². The van der Waals surface area contributed by atoms with Gasteiger partial charge in [0.15, 0.2) is 0 Å². The number of halogens is 2. The lowest BCUT2D eigenvalue weighted by molar-refractivity contribution is -0.385. The molecule has 1 heterocycles. The number of methoxy groups -OCH3 is 1. The van der Waals surface area contributed by atoms with Crippen molar-refractivity contribution in [2.75, 3.05) is 12.4 Å². The first-order valence-corrected chi connectivity index (χ1v) is 9.67. The molecule has 0 radical (unpaired) electrons. The van der Waals surface area contributed by atoms with Crippen molar-refractivity contribution >= 4 is 50.8 Å². The van der Waals surface area contributed by atoms with E-state index in [-0.39, 0.29) is 33.9 Å². The molecule has 10 nitrogen and oxygen atoms in total. The highest BCUT2D eigenvalue weighted by molar-refractivity contribution is 9.10.